The van der Waals surface area contributed by atoms with E-state index in [2.05, 4.69) is 56.2 Å². The van der Waals surface area contributed by atoms with Gasteiger partial charge in [0.25, 0.3) is 0 Å². The van der Waals surface area contributed by atoms with Crippen molar-refractivity contribution < 1.29 is 4.74 Å². The van der Waals surface area contributed by atoms with Crippen LogP contribution < -0.4 is 9.80 Å². The Balaban J connectivity index is 1.45. The molecule has 2 saturated heterocycles. The molecule has 25 heavy (non-hydrogen) atoms. The van der Waals surface area contributed by atoms with Crippen LogP contribution in [-0.4, -0.2) is 49.4 Å². The van der Waals surface area contributed by atoms with Gasteiger partial charge in [0.2, 0.25) is 0 Å². The Bertz CT molecular complexity index is 672. The van der Waals surface area contributed by atoms with Crippen LogP contribution in [0.3, 0.4) is 0 Å². The summed E-state index contributed by atoms with van der Waals surface area (Å²) in [7, 11) is 0. The maximum atomic E-state index is 5.44. The lowest BCUT2D eigenvalue weighted by molar-refractivity contribution is 0.122. The SMILES string of the molecule is c1ccc(C2CCCN(c3cc(N4CCOCC4)ncn3)CC2)cc1. The number of nitrogens with zero attached hydrogens (tertiary/aromatic N) is 4. The van der Waals surface area contributed by atoms with Crippen molar-refractivity contribution in [1.29, 1.82) is 0 Å². The molecule has 5 heteroatoms. The van der Waals surface area contributed by atoms with E-state index >= 15 is 0 Å². The van der Waals surface area contributed by atoms with Gasteiger partial charge in [-0.1, -0.05) is 30.3 Å². The fourth-order valence-corrected chi connectivity index (χ4v) is 3.86. The molecule has 2 fully saturated rings. The molecule has 1 aromatic heterocycles. The van der Waals surface area contributed by atoms with Gasteiger partial charge in [-0.05, 0) is 30.7 Å². The number of hydrogen-bond donors (Lipinski definition) is 0. The van der Waals surface area contributed by atoms with Gasteiger partial charge in [-0.15, -0.1) is 0 Å². The van der Waals surface area contributed by atoms with E-state index in [1.165, 1.54) is 24.8 Å². The van der Waals surface area contributed by atoms with Crippen LogP contribution in [0, 0.1) is 0 Å². The predicted octanol–water partition coefficient (Wildman–Crippen LogP) is 3.09. The van der Waals surface area contributed by atoms with Crippen molar-refractivity contribution in [3.8, 4) is 0 Å². The minimum Gasteiger partial charge on any atom is -0.378 e. The van der Waals surface area contributed by atoms with Gasteiger partial charge in [0.15, 0.2) is 0 Å². The van der Waals surface area contributed by atoms with Crippen molar-refractivity contribution in [3.05, 3.63) is 48.3 Å². The van der Waals surface area contributed by atoms with Gasteiger partial charge in [-0.25, -0.2) is 9.97 Å². The minimum atomic E-state index is 0.659. The molecule has 0 amide bonds. The Morgan fingerprint density at radius 3 is 2.32 bits per heavy atom. The third kappa shape index (κ3) is 3.93. The Kier molecular flexibility index (Phi) is 5.11. The van der Waals surface area contributed by atoms with E-state index < -0.39 is 0 Å². The van der Waals surface area contributed by atoms with Crippen molar-refractivity contribution in [1.82, 2.24) is 9.97 Å². The molecule has 5 nitrogen and oxygen atoms in total. The first-order valence-corrected chi connectivity index (χ1v) is 9.35. The molecule has 3 heterocycles. The van der Waals surface area contributed by atoms with Gasteiger partial charge >= 0.3 is 0 Å². The van der Waals surface area contributed by atoms with Gasteiger partial charge in [0.05, 0.1) is 13.2 Å². The van der Waals surface area contributed by atoms with E-state index in [0.717, 1.165) is 51.0 Å². The van der Waals surface area contributed by atoms with Crippen LogP contribution >= 0.6 is 0 Å². The molecule has 1 unspecified atom stereocenters. The summed E-state index contributed by atoms with van der Waals surface area (Å²) >= 11 is 0. The molecule has 1 aromatic carbocycles. The van der Waals surface area contributed by atoms with Crippen LogP contribution in [0.25, 0.3) is 0 Å². The van der Waals surface area contributed by atoms with Gasteiger partial charge in [-0.2, -0.15) is 0 Å². The molecule has 132 valence electrons. The normalized spacial score (nSPS) is 21.8. The van der Waals surface area contributed by atoms with Gasteiger partial charge in [-0.3, -0.25) is 0 Å². The maximum absolute atomic E-state index is 5.44. The van der Waals surface area contributed by atoms with Gasteiger partial charge in [0.1, 0.15) is 18.0 Å². The summed E-state index contributed by atoms with van der Waals surface area (Å²) in [6.45, 7) is 5.50. The number of ether oxygens (including phenoxy) is 1. The Morgan fingerprint density at radius 2 is 1.56 bits per heavy atom. The van der Waals surface area contributed by atoms with E-state index in [0.29, 0.717) is 5.92 Å². The highest BCUT2D eigenvalue weighted by atomic mass is 16.5. The van der Waals surface area contributed by atoms with Crippen LogP contribution in [-0.2, 0) is 4.74 Å². The highest BCUT2D eigenvalue weighted by molar-refractivity contribution is 5.50. The van der Waals surface area contributed by atoms with Crippen LogP contribution in [0.4, 0.5) is 11.6 Å². The van der Waals surface area contributed by atoms with E-state index in [1.54, 1.807) is 6.33 Å². The lowest BCUT2D eigenvalue weighted by Crippen LogP contribution is -2.37. The number of morpholine rings is 1. The summed E-state index contributed by atoms with van der Waals surface area (Å²) in [6, 6.07) is 13.1. The molecule has 2 aliphatic rings. The van der Waals surface area contributed by atoms with Crippen molar-refractivity contribution in [2.24, 2.45) is 0 Å². The molecule has 0 saturated carbocycles. The molecule has 0 radical (unpaired) electrons. The maximum Gasteiger partial charge on any atom is 0.134 e. The third-order valence-corrected chi connectivity index (χ3v) is 5.30. The summed E-state index contributed by atoms with van der Waals surface area (Å²) in [5, 5.41) is 0. The molecular formula is C20H26N4O. The molecule has 0 aliphatic carbocycles. The summed E-state index contributed by atoms with van der Waals surface area (Å²) < 4.78 is 5.44. The molecule has 1 atom stereocenters. The molecule has 2 aromatic rings. The largest absolute Gasteiger partial charge is 0.378 e. The number of hydrogen-bond acceptors (Lipinski definition) is 5. The zero-order valence-corrected chi connectivity index (χ0v) is 14.7. The monoisotopic (exact) mass is 338 g/mol. The van der Waals surface area contributed by atoms with E-state index in [4.69, 9.17) is 4.74 Å². The smallest absolute Gasteiger partial charge is 0.134 e. The molecule has 2 aliphatic heterocycles. The third-order valence-electron chi connectivity index (χ3n) is 5.30. The zero-order chi connectivity index (χ0) is 16.9. The molecule has 0 bridgehead atoms. The highest BCUT2D eigenvalue weighted by Gasteiger charge is 2.20. The van der Waals surface area contributed by atoms with Crippen LogP contribution in [0.15, 0.2) is 42.7 Å². The van der Waals surface area contributed by atoms with E-state index in [1.807, 2.05) is 0 Å². The highest BCUT2D eigenvalue weighted by Crippen LogP contribution is 2.30. The Morgan fingerprint density at radius 1 is 0.840 bits per heavy atom. The molecule has 0 spiro atoms. The van der Waals surface area contributed by atoms with Crippen molar-refractivity contribution >= 4 is 11.6 Å². The fraction of sp³-hybridized carbons (Fsp3) is 0.500. The second-order valence-corrected chi connectivity index (χ2v) is 6.86. The summed E-state index contributed by atoms with van der Waals surface area (Å²) in [4.78, 5) is 13.7. The zero-order valence-electron chi connectivity index (χ0n) is 14.7. The molecular weight excluding hydrogens is 312 g/mol. The summed E-state index contributed by atoms with van der Waals surface area (Å²) in [6.07, 6.45) is 5.35. The Hall–Kier alpha value is -2.14. The first-order valence-electron chi connectivity index (χ1n) is 9.35. The second-order valence-electron chi connectivity index (χ2n) is 6.86. The van der Waals surface area contributed by atoms with Gasteiger partial charge in [0, 0.05) is 32.2 Å². The van der Waals surface area contributed by atoms with Crippen LogP contribution in [0.5, 0.6) is 0 Å². The average Bonchev–Trinajstić information content (AvgIpc) is 2.96. The van der Waals surface area contributed by atoms with Gasteiger partial charge < -0.3 is 14.5 Å². The van der Waals surface area contributed by atoms with Crippen molar-refractivity contribution in [3.63, 3.8) is 0 Å². The van der Waals surface area contributed by atoms with E-state index in [-0.39, 0.29) is 0 Å². The number of benzene rings is 1. The lowest BCUT2D eigenvalue weighted by atomic mass is 9.92. The topological polar surface area (TPSA) is 41.5 Å². The minimum absolute atomic E-state index is 0.659. The number of anilines is 2. The van der Waals surface area contributed by atoms with E-state index in [9.17, 15) is 0 Å². The van der Waals surface area contributed by atoms with Crippen molar-refractivity contribution in [2.75, 3.05) is 49.2 Å². The fourth-order valence-electron chi connectivity index (χ4n) is 3.86. The average molecular weight is 338 g/mol. The molecule has 4 rings (SSSR count). The predicted molar refractivity (Wildman–Crippen MR) is 100 cm³/mol. The Labute approximate surface area is 149 Å². The van der Waals surface area contributed by atoms with Crippen LogP contribution in [0.2, 0.25) is 0 Å². The van der Waals surface area contributed by atoms with Crippen LogP contribution in [0.1, 0.15) is 30.7 Å². The second kappa shape index (κ2) is 7.83. The summed E-state index contributed by atoms with van der Waals surface area (Å²) in [5.41, 5.74) is 1.47. The standard InChI is InChI=1S/C20H26N4O/c1-2-5-17(6-3-1)18-7-4-9-23(10-8-18)19-15-20(22-16-21-19)24-11-13-25-14-12-24/h1-3,5-6,15-16,18H,4,7-14H2. The quantitative estimate of drug-likeness (QED) is 0.860. The first kappa shape index (κ1) is 16.3. The van der Waals surface area contributed by atoms with Crippen molar-refractivity contribution in [2.45, 2.75) is 25.2 Å². The summed E-state index contributed by atoms with van der Waals surface area (Å²) in [5.74, 6) is 2.74. The number of rotatable bonds is 3. The first-order chi connectivity index (χ1) is 12.4. The number of aromatic nitrogens is 2. The lowest BCUT2D eigenvalue weighted by Gasteiger charge is -2.29. The molecule has 0 N–H and O–H groups in total.